The summed E-state index contributed by atoms with van der Waals surface area (Å²) in [5, 5.41) is 3.39. The molecule has 0 spiro atoms. The SMILES string of the molecule is c1ccc(C(Oc2ccccc2C2CO2)C2CNCCO2)cc1. The van der Waals surface area contributed by atoms with E-state index in [1.165, 1.54) is 0 Å². The summed E-state index contributed by atoms with van der Waals surface area (Å²) >= 11 is 0. The Bertz CT molecular complexity index is 636. The number of ether oxygens (including phenoxy) is 3. The molecule has 0 aliphatic carbocycles. The molecule has 1 N–H and O–H groups in total. The quantitative estimate of drug-likeness (QED) is 0.862. The van der Waals surface area contributed by atoms with Gasteiger partial charge in [0.1, 0.15) is 18.0 Å². The standard InChI is InChI=1S/C19H21NO3/c1-2-6-14(7-3-1)19(17-12-20-10-11-21-17)23-16-9-5-4-8-15(16)18-13-22-18/h1-9,17-20H,10-13H2. The van der Waals surface area contributed by atoms with Crippen LogP contribution in [0.15, 0.2) is 54.6 Å². The van der Waals surface area contributed by atoms with Crippen molar-refractivity contribution in [3.63, 3.8) is 0 Å². The summed E-state index contributed by atoms with van der Waals surface area (Å²) in [7, 11) is 0. The van der Waals surface area contributed by atoms with Gasteiger partial charge in [0.25, 0.3) is 0 Å². The van der Waals surface area contributed by atoms with Crippen molar-refractivity contribution >= 4 is 0 Å². The molecule has 2 aromatic carbocycles. The van der Waals surface area contributed by atoms with Crippen LogP contribution in [-0.4, -0.2) is 32.4 Å². The minimum atomic E-state index is -0.135. The van der Waals surface area contributed by atoms with Gasteiger partial charge in [-0.15, -0.1) is 0 Å². The van der Waals surface area contributed by atoms with Crippen LogP contribution in [0.4, 0.5) is 0 Å². The third-order valence-electron chi connectivity index (χ3n) is 4.28. The monoisotopic (exact) mass is 311 g/mol. The van der Waals surface area contributed by atoms with Crippen LogP contribution in [0.5, 0.6) is 5.75 Å². The fraction of sp³-hybridized carbons (Fsp3) is 0.368. The lowest BCUT2D eigenvalue weighted by atomic mass is 10.0. The summed E-state index contributed by atoms with van der Waals surface area (Å²) in [5.74, 6) is 0.887. The molecule has 2 saturated heterocycles. The van der Waals surface area contributed by atoms with Crippen LogP contribution in [0.3, 0.4) is 0 Å². The van der Waals surface area contributed by atoms with E-state index in [4.69, 9.17) is 14.2 Å². The van der Waals surface area contributed by atoms with Crippen molar-refractivity contribution < 1.29 is 14.2 Å². The van der Waals surface area contributed by atoms with Crippen LogP contribution in [0.1, 0.15) is 23.3 Å². The molecule has 3 atom stereocenters. The Kier molecular flexibility index (Phi) is 4.28. The van der Waals surface area contributed by atoms with E-state index in [0.29, 0.717) is 6.61 Å². The van der Waals surface area contributed by atoms with Gasteiger partial charge in [0, 0.05) is 18.7 Å². The molecule has 2 fully saturated rings. The molecular weight excluding hydrogens is 290 g/mol. The number of hydrogen-bond donors (Lipinski definition) is 1. The molecule has 0 aromatic heterocycles. The highest BCUT2D eigenvalue weighted by Gasteiger charge is 2.32. The minimum absolute atomic E-state index is 0.000623. The third kappa shape index (κ3) is 3.39. The van der Waals surface area contributed by atoms with Crippen LogP contribution in [0.2, 0.25) is 0 Å². The molecule has 120 valence electrons. The summed E-state index contributed by atoms with van der Waals surface area (Å²) in [6, 6.07) is 18.4. The van der Waals surface area contributed by atoms with Gasteiger partial charge in [-0.1, -0.05) is 48.5 Å². The Balaban J connectivity index is 1.63. The van der Waals surface area contributed by atoms with Crippen LogP contribution in [0.25, 0.3) is 0 Å². The van der Waals surface area contributed by atoms with Crippen molar-refractivity contribution in [2.24, 2.45) is 0 Å². The van der Waals surface area contributed by atoms with E-state index in [1.807, 2.05) is 36.4 Å². The van der Waals surface area contributed by atoms with Gasteiger partial charge >= 0.3 is 0 Å². The zero-order valence-electron chi connectivity index (χ0n) is 13.0. The van der Waals surface area contributed by atoms with E-state index in [0.717, 1.165) is 36.6 Å². The van der Waals surface area contributed by atoms with Crippen LogP contribution >= 0.6 is 0 Å². The number of para-hydroxylation sites is 1. The first-order valence-electron chi connectivity index (χ1n) is 8.16. The molecule has 3 unspecified atom stereocenters. The number of epoxide rings is 1. The predicted octanol–water partition coefficient (Wildman–Crippen LogP) is 2.87. The average Bonchev–Trinajstić information content (AvgIpc) is 3.46. The van der Waals surface area contributed by atoms with Gasteiger partial charge in [-0.05, 0) is 11.6 Å². The van der Waals surface area contributed by atoms with E-state index in [9.17, 15) is 0 Å². The second-order valence-electron chi connectivity index (χ2n) is 5.92. The molecule has 0 amide bonds. The highest BCUT2D eigenvalue weighted by atomic mass is 16.6. The zero-order chi connectivity index (χ0) is 15.5. The van der Waals surface area contributed by atoms with E-state index in [2.05, 4.69) is 23.5 Å². The third-order valence-corrected chi connectivity index (χ3v) is 4.28. The van der Waals surface area contributed by atoms with E-state index in [-0.39, 0.29) is 18.3 Å². The summed E-state index contributed by atoms with van der Waals surface area (Å²) in [6.45, 7) is 3.18. The molecule has 2 aromatic rings. The van der Waals surface area contributed by atoms with E-state index >= 15 is 0 Å². The normalized spacial score (nSPS) is 24.9. The summed E-state index contributed by atoms with van der Waals surface area (Å²) in [4.78, 5) is 0. The lowest BCUT2D eigenvalue weighted by Gasteiger charge is -2.32. The van der Waals surface area contributed by atoms with Crippen molar-refractivity contribution in [3.05, 3.63) is 65.7 Å². The van der Waals surface area contributed by atoms with Crippen LogP contribution in [0, 0.1) is 0 Å². The van der Waals surface area contributed by atoms with Crippen molar-refractivity contribution in [1.29, 1.82) is 0 Å². The first-order valence-corrected chi connectivity index (χ1v) is 8.16. The van der Waals surface area contributed by atoms with Gasteiger partial charge in [0.05, 0.1) is 13.2 Å². The van der Waals surface area contributed by atoms with Crippen molar-refractivity contribution in [2.75, 3.05) is 26.3 Å². The lowest BCUT2D eigenvalue weighted by Crippen LogP contribution is -2.43. The maximum Gasteiger partial charge on any atom is 0.151 e. The van der Waals surface area contributed by atoms with Crippen molar-refractivity contribution in [3.8, 4) is 5.75 Å². The fourth-order valence-electron chi connectivity index (χ4n) is 3.00. The molecule has 4 rings (SSSR count). The summed E-state index contributed by atoms with van der Waals surface area (Å²) < 4.78 is 17.8. The van der Waals surface area contributed by atoms with Gasteiger partial charge < -0.3 is 19.5 Å². The lowest BCUT2D eigenvalue weighted by molar-refractivity contribution is -0.0435. The molecule has 2 aliphatic rings. The fourth-order valence-corrected chi connectivity index (χ4v) is 3.00. The molecule has 0 bridgehead atoms. The molecule has 4 heteroatoms. The molecule has 4 nitrogen and oxygen atoms in total. The maximum atomic E-state index is 6.43. The Morgan fingerprint density at radius 2 is 1.78 bits per heavy atom. The van der Waals surface area contributed by atoms with Gasteiger partial charge in [-0.2, -0.15) is 0 Å². The first-order chi connectivity index (χ1) is 11.4. The van der Waals surface area contributed by atoms with Crippen LogP contribution < -0.4 is 10.1 Å². The van der Waals surface area contributed by atoms with Gasteiger partial charge in [-0.3, -0.25) is 0 Å². The Labute approximate surface area is 136 Å². The maximum absolute atomic E-state index is 6.43. The Hall–Kier alpha value is -1.88. The molecule has 2 aliphatic heterocycles. The molecule has 23 heavy (non-hydrogen) atoms. The van der Waals surface area contributed by atoms with E-state index in [1.54, 1.807) is 0 Å². The Morgan fingerprint density at radius 1 is 1.00 bits per heavy atom. The largest absolute Gasteiger partial charge is 0.483 e. The predicted molar refractivity (Wildman–Crippen MR) is 87.6 cm³/mol. The average molecular weight is 311 g/mol. The van der Waals surface area contributed by atoms with Crippen molar-refractivity contribution in [2.45, 2.75) is 18.3 Å². The highest BCUT2D eigenvalue weighted by molar-refractivity contribution is 5.37. The van der Waals surface area contributed by atoms with Crippen LogP contribution in [-0.2, 0) is 9.47 Å². The number of morpholine rings is 1. The molecule has 2 heterocycles. The molecule has 0 saturated carbocycles. The topological polar surface area (TPSA) is 43.0 Å². The van der Waals surface area contributed by atoms with Gasteiger partial charge in [0.2, 0.25) is 0 Å². The van der Waals surface area contributed by atoms with E-state index < -0.39 is 0 Å². The number of benzene rings is 2. The summed E-state index contributed by atoms with van der Waals surface area (Å²) in [5.41, 5.74) is 2.25. The summed E-state index contributed by atoms with van der Waals surface area (Å²) in [6.07, 6.45) is 0.0382. The second kappa shape index (κ2) is 6.71. The molecule has 0 radical (unpaired) electrons. The van der Waals surface area contributed by atoms with Crippen molar-refractivity contribution in [1.82, 2.24) is 5.32 Å². The number of nitrogens with one attached hydrogen (secondary N) is 1. The van der Waals surface area contributed by atoms with Gasteiger partial charge in [-0.25, -0.2) is 0 Å². The number of rotatable bonds is 5. The second-order valence-corrected chi connectivity index (χ2v) is 5.92. The highest BCUT2D eigenvalue weighted by Crippen LogP contribution is 2.38. The molecular formula is C19H21NO3. The first kappa shape index (κ1) is 14.7. The number of hydrogen-bond acceptors (Lipinski definition) is 4. The van der Waals surface area contributed by atoms with Gasteiger partial charge in [0.15, 0.2) is 6.10 Å². The zero-order valence-corrected chi connectivity index (χ0v) is 13.0. The minimum Gasteiger partial charge on any atom is -0.483 e. The Morgan fingerprint density at radius 3 is 2.52 bits per heavy atom. The smallest absolute Gasteiger partial charge is 0.151 e.